The SMILES string of the molecule is CC(=NNc1nc(-c2ccccc2)cc(-c2ccccc2)n1)c1cccc2ccccc12. The molecule has 0 radical (unpaired) electrons. The minimum absolute atomic E-state index is 0.463. The van der Waals surface area contributed by atoms with Crippen molar-refractivity contribution in [1.82, 2.24) is 9.97 Å². The van der Waals surface area contributed by atoms with Crippen LogP contribution in [0, 0.1) is 0 Å². The van der Waals surface area contributed by atoms with Crippen LogP contribution in [0.4, 0.5) is 5.95 Å². The Kier molecular flexibility index (Phi) is 5.41. The molecule has 0 aliphatic heterocycles. The van der Waals surface area contributed by atoms with E-state index in [1.54, 1.807) is 0 Å². The van der Waals surface area contributed by atoms with Gasteiger partial charge in [0.2, 0.25) is 5.95 Å². The molecule has 0 bridgehead atoms. The Bertz CT molecular complexity index is 1330. The molecule has 0 unspecified atom stereocenters. The van der Waals surface area contributed by atoms with Crippen LogP contribution >= 0.6 is 0 Å². The minimum Gasteiger partial charge on any atom is -0.245 e. The maximum Gasteiger partial charge on any atom is 0.244 e. The van der Waals surface area contributed by atoms with E-state index in [4.69, 9.17) is 9.97 Å². The Morgan fingerprint density at radius 2 is 1.22 bits per heavy atom. The third-order valence-electron chi connectivity index (χ3n) is 5.37. The average molecular weight is 415 g/mol. The van der Waals surface area contributed by atoms with Crippen LogP contribution in [-0.2, 0) is 0 Å². The number of hydrazone groups is 1. The molecule has 1 N–H and O–H groups in total. The van der Waals surface area contributed by atoms with Gasteiger partial charge in [-0.05, 0) is 23.8 Å². The summed E-state index contributed by atoms with van der Waals surface area (Å²) in [6.45, 7) is 1.99. The highest BCUT2D eigenvalue weighted by Gasteiger charge is 2.09. The van der Waals surface area contributed by atoms with E-state index in [1.165, 1.54) is 10.8 Å². The maximum atomic E-state index is 4.73. The summed E-state index contributed by atoms with van der Waals surface area (Å²) in [4.78, 5) is 9.46. The molecule has 0 saturated heterocycles. The summed E-state index contributed by atoms with van der Waals surface area (Å²) >= 11 is 0. The Hall–Kier alpha value is -4.31. The Labute approximate surface area is 187 Å². The van der Waals surface area contributed by atoms with E-state index in [0.717, 1.165) is 33.8 Å². The van der Waals surface area contributed by atoms with Gasteiger partial charge >= 0.3 is 0 Å². The predicted octanol–water partition coefficient (Wildman–Crippen LogP) is 6.80. The van der Waals surface area contributed by atoms with Crippen LogP contribution < -0.4 is 5.43 Å². The van der Waals surface area contributed by atoms with E-state index >= 15 is 0 Å². The molecule has 0 saturated carbocycles. The number of anilines is 1. The molecule has 5 rings (SSSR count). The summed E-state index contributed by atoms with van der Waals surface area (Å²) in [5.74, 6) is 0.463. The fourth-order valence-electron chi connectivity index (χ4n) is 3.75. The number of fused-ring (bicyclic) bond motifs is 1. The van der Waals surface area contributed by atoms with Gasteiger partial charge in [-0.2, -0.15) is 5.10 Å². The van der Waals surface area contributed by atoms with Gasteiger partial charge < -0.3 is 0 Å². The molecule has 5 aromatic rings. The summed E-state index contributed by atoms with van der Waals surface area (Å²) in [6.07, 6.45) is 0. The van der Waals surface area contributed by atoms with Crippen molar-refractivity contribution in [2.45, 2.75) is 6.92 Å². The Balaban J connectivity index is 1.54. The van der Waals surface area contributed by atoms with Gasteiger partial charge in [0.15, 0.2) is 0 Å². The Morgan fingerprint density at radius 3 is 1.88 bits per heavy atom. The van der Waals surface area contributed by atoms with Crippen molar-refractivity contribution in [3.8, 4) is 22.5 Å². The van der Waals surface area contributed by atoms with E-state index < -0.39 is 0 Å². The summed E-state index contributed by atoms with van der Waals surface area (Å²) < 4.78 is 0. The monoisotopic (exact) mass is 414 g/mol. The second-order valence-electron chi connectivity index (χ2n) is 7.53. The van der Waals surface area contributed by atoms with Gasteiger partial charge in [0.25, 0.3) is 0 Å². The van der Waals surface area contributed by atoms with Crippen molar-refractivity contribution < 1.29 is 0 Å². The van der Waals surface area contributed by atoms with E-state index in [0.29, 0.717) is 5.95 Å². The van der Waals surface area contributed by atoms with Crippen LogP contribution in [0.15, 0.2) is 114 Å². The number of nitrogens with zero attached hydrogens (tertiary/aromatic N) is 3. The zero-order valence-electron chi connectivity index (χ0n) is 17.7. The van der Waals surface area contributed by atoms with Crippen molar-refractivity contribution in [3.05, 3.63) is 115 Å². The normalized spacial score (nSPS) is 11.5. The van der Waals surface area contributed by atoms with Crippen LogP contribution in [0.5, 0.6) is 0 Å². The molecular formula is C28H22N4. The van der Waals surface area contributed by atoms with E-state index in [2.05, 4.69) is 40.9 Å². The fraction of sp³-hybridized carbons (Fsp3) is 0.0357. The molecule has 0 aliphatic rings. The highest BCUT2D eigenvalue weighted by Crippen LogP contribution is 2.25. The molecule has 1 heterocycles. The topological polar surface area (TPSA) is 50.2 Å². The summed E-state index contributed by atoms with van der Waals surface area (Å²) in [6, 6.07) is 36.8. The number of nitrogens with one attached hydrogen (secondary N) is 1. The van der Waals surface area contributed by atoms with Crippen molar-refractivity contribution in [2.24, 2.45) is 5.10 Å². The van der Waals surface area contributed by atoms with Gasteiger partial charge in [-0.25, -0.2) is 15.4 Å². The molecule has 4 nitrogen and oxygen atoms in total. The fourth-order valence-corrected chi connectivity index (χ4v) is 3.75. The first-order valence-corrected chi connectivity index (χ1v) is 10.6. The maximum absolute atomic E-state index is 4.73. The summed E-state index contributed by atoms with van der Waals surface area (Å²) in [5, 5.41) is 6.98. The van der Waals surface area contributed by atoms with Crippen LogP contribution in [-0.4, -0.2) is 15.7 Å². The lowest BCUT2D eigenvalue weighted by Crippen LogP contribution is -2.04. The lowest BCUT2D eigenvalue weighted by Gasteiger charge is -2.10. The highest BCUT2D eigenvalue weighted by molar-refractivity contribution is 6.09. The molecular weight excluding hydrogens is 392 g/mol. The number of rotatable bonds is 5. The van der Waals surface area contributed by atoms with E-state index in [9.17, 15) is 0 Å². The van der Waals surface area contributed by atoms with Crippen molar-refractivity contribution >= 4 is 22.4 Å². The van der Waals surface area contributed by atoms with Gasteiger partial charge in [-0.15, -0.1) is 0 Å². The van der Waals surface area contributed by atoms with Gasteiger partial charge in [0.1, 0.15) is 0 Å². The van der Waals surface area contributed by atoms with Gasteiger partial charge in [0.05, 0.1) is 17.1 Å². The molecule has 0 fully saturated rings. The van der Waals surface area contributed by atoms with Gasteiger partial charge in [-0.3, -0.25) is 0 Å². The molecule has 1 aromatic heterocycles. The van der Waals surface area contributed by atoms with Crippen LogP contribution in [0.25, 0.3) is 33.3 Å². The molecule has 4 heteroatoms. The van der Waals surface area contributed by atoms with Crippen LogP contribution in [0.3, 0.4) is 0 Å². The molecule has 4 aromatic carbocycles. The zero-order chi connectivity index (χ0) is 21.8. The first kappa shape index (κ1) is 19.6. The first-order chi connectivity index (χ1) is 15.8. The quantitative estimate of drug-likeness (QED) is 0.254. The molecule has 32 heavy (non-hydrogen) atoms. The van der Waals surface area contributed by atoms with Crippen molar-refractivity contribution in [2.75, 3.05) is 5.43 Å². The molecule has 0 aliphatic carbocycles. The molecule has 0 spiro atoms. The lowest BCUT2D eigenvalue weighted by molar-refractivity contribution is 1.12. The van der Waals surface area contributed by atoms with Gasteiger partial charge in [-0.1, -0.05) is 103 Å². The summed E-state index contributed by atoms with van der Waals surface area (Å²) in [5.41, 5.74) is 8.81. The average Bonchev–Trinajstić information content (AvgIpc) is 2.88. The predicted molar refractivity (Wildman–Crippen MR) is 133 cm³/mol. The zero-order valence-corrected chi connectivity index (χ0v) is 17.7. The molecule has 0 amide bonds. The number of aromatic nitrogens is 2. The minimum atomic E-state index is 0.463. The van der Waals surface area contributed by atoms with E-state index in [-0.39, 0.29) is 0 Å². The van der Waals surface area contributed by atoms with Crippen molar-refractivity contribution in [3.63, 3.8) is 0 Å². The van der Waals surface area contributed by atoms with Crippen LogP contribution in [0.2, 0.25) is 0 Å². The third kappa shape index (κ3) is 4.12. The smallest absolute Gasteiger partial charge is 0.244 e. The highest BCUT2D eigenvalue weighted by atomic mass is 15.4. The molecule has 0 atom stereocenters. The summed E-state index contributed by atoms with van der Waals surface area (Å²) in [7, 11) is 0. The Morgan fingerprint density at radius 1 is 0.656 bits per heavy atom. The number of hydrogen-bond acceptors (Lipinski definition) is 4. The van der Waals surface area contributed by atoms with E-state index in [1.807, 2.05) is 85.8 Å². The second kappa shape index (κ2) is 8.82. The number of hydrogen-bond donors (Lipinski definition) is 1. The third-order valence-corrected chi connectivity index (χ3v) is 5.37. The first-order valence-electron chi connectivity index (χ1n) is 10.6. The second-order valence-corrected chi connectivity index (χ2v) is 7.53. The number of benzene rings is 4. The van der Waals surface area contributed by atoms with Crippen LogP contribution in [0.1, 0.15) is 12.5 Å². The van der Waals surface area contributed by atoms with Crippen molar-refractivity contribution in [1.29, 1.82) is 0 Å². The largest absolute Gasteiger partial charge is 0.245 e. The lowest BCUT2D eigenvalue weighted by atomic mass is 10.0. The van der Waals surface area contributed by atoms with Gasteiger partial charge in [0, 0.05) is 16.7 Å². The molecule has 154 valence electrons. The standard InChI is InChI=1S/C28H22N4/c1-20(24-18-10-16-21-11-8-9-17-25(21)24)31-32-28-29-26(22-12-4-2-5-13-22)19-27(30-28)23-14-6-3-7-15-23/h2-19H,1H3,(H,29,30,32).